The van der Waals surface area contributed by atoms with Crippen molar-refractivity contribution in [3.63, 3.8) is 0 Å². The second-order valence-electron chi connectivity index (χ2n) is 0.0639. The van der Waals surface area contributed by atoms with Gasteiger partial charge in [0.05, 0.1) is 0 Å². The van der Waals surface area contributed by atoms with E-state index in [2.05, 4.69) is 46.9 Å². The van der Waals surface area contributed by atoms with Crippen LogP contribution < -0.4 is 0 Å². The van der Waals surface area contributed by atoms with Crippen molar-refractivity contribution in [1.29, 1.82) is 0 Å². The Morgan fingerprint density at radius 2 is 1.33 bits per heavy atom. The summed E-state index contributed by atoms with van der Waals surface area (Å²) in [5.74, 6) is 0. The molecule has 0 aliphatic carbocycles. The van der Waals surface area contributed by atoms with E-state index in [-0.39, 0.29) is 8.41 Å². The van der Waals surface area contributed by atoms with Crippen LogP contribution in [-0.4, -0.2) is 8.41 Å². The minimum atomic E-state index is 0. The number of rotatable bonds is 0. The molecule has 0 aromatic carbocycles. The van der Waals surface area contributed by atoms with E-state index in [0.29, 0.717) is 9.47 Å². The van der Waals surface area contributed by atoms with Crippen molar-refractivity contribution in [1.82, 2.24) is 0 Å². The minimum absolute atomic E-state index is 0. The van der Waals surface area contributed by atoms with Gasteiger partial charge in [-0.1, -0.05) is 0 Å². The zero-order valence-corrected chi connectivity index (χ0v) is 9.20. The molecule has 0 spiro atoms. The third kappa shape index (κ3) is 35.8. The Hall–Kier alpha value is 2.11. The van der Waals surface area contributed by atoms with Crippen LogP contribution in [0.15, 0.2) is 0 Å². The van der Waals surface area contributed by atoms with Gasteiger partial charge in [-0.05, 0) is 0 Å². The molecule has 0 amide bonds. The molecule has 0 unspecified atom stereocenters. The summed E-state index contributed by atoms with van der Waals surface area (Å²) in [6, 6.07) is 0. The third-order valence-electron chi connectivity index (χ3n) is 0. The Balaban J connectivity index is -0.0000000275. The molecule has 0 aliphatic heterocycles. The average Bonchev–Trinajstić information content (AvgIpc) is 1.46. The molecule has 4 heteroatoms. The standard InChI is InChI=1S/C2H5.B.2HI.V/c1-2;;;;/h1H2,2H3;;2*1H;/q-1;;;;+2/p-2. The number of halogens is 2. The van der Waals surface area contributed by atoms with E-state index in [1.807, 2.05) is 0 Å². The predicted octanol–water partition coefficient (Wildman–Crippen LogP) is 2.23. The van der Waals surface area contributed by atoms with Gasteiger partial charge in [0.25, 0.3) is 0 Å². The van der Waals surface area contributed by atoms with Crippen molar-refractivity contribution < 1.29 is 9.47 Å². The Morgan fingerprint density at radius 1 is 1.33 bits per heavy atom. The molecule has 0 atom stereocenters. The third-order valence-corrected chi connectivity index (χ3v) is 0. The summed E-state index contributed by atoms with van der Waals surface area (Å²) in [7, 11) is 0.628. The van der Waals surface area contributed by atoms with Crippen molar-refractivity contribution in [2.75, 3.05) is 0 Å². The van der Waals surface area contributed by atoms with E-state index >= 15 is 0 Å². The fourth-order valence-corrected chi connectivity index (χ4v) is 0. The van der Waals surface area contributed by atoms with E-state index in [1.165, 1.54) is 0 Å². The van der Waals surface area contributed by atoms with Gasteiger partial charge in [0.2, 0.25) is 0 Å². The van der Waals surface area contributed by atoms with Crippen molar-refractivity contribution in [2.24, 2.45) is 0 Å². The van der Waals surface area contributed by atoms with Gasteiger partial charge in [0, 0.05) is 8.41 Å². The average molecular weight is 345 g/mol. The second kappa shape index (κ2) is 27.4. The van der Waals surface area contributed by atoms with Gasteiger partial charge < -0.3 is 6.92 Å². The monoisotopic (exact) mass is 345 g/mol. The van der Waals surface area contributed by atoms with E-state index < -0.39 is 0 Å². The maximum absolute atomic E-state index is 3.25. The Kier molecular flexibility index (Phi) is 71.8. The van der Waals surface area contributed by atoms with Crippen LogP contribution in [0.1, 0.15) is 6.92 Å². The van der Waals surface area contributed by atoms with Crippen LogP contribution in [0.2, 0.25) is 0 Å². The topological polar surface area (TPSA) is 0 Å². The van der Waals surface area contributed by atoms with Gasteiger partial charge in [0.15, 0.2) is 0 Å². The molecular weight excluding hydrogens is 340 g/mol. The zero-order valence-electron chi connectivity index (χ0n) is 3.49. The van der Waals surface area contributed by atoms with Crippen molar-refractivity contribution in [3.8, 4) is 0 Å². The fourth-order valence-electron chi connectivity index (χ4n) is 0. The van der Waals surface area contributed by atoms with Crippen LogP contribution in [-0.2, 0) is 9.47 Å². The summed E-state index contributed by atoms with van der Waals surface area (Å²) in [6.07, 6.45) is 0. The quantitative estimate of drug-likeness (QED) is 0.359. The van der Waals surface area contributed by atoms with Crippen LogP contribution in [0.25, 0.3) is 0 Å². The molecule has 0 bridgehead atoms. The summed E-state index contributed by atoms with van der Waals surface area (Å²) >= 11 is 4.74. The molecule has 0 heterocycles. The van der Waals surface area contributed by atoms with Crippen molar-refractivity contribution in [3.05, 3.63) is 6.92 Å². The summed E-state index contributed by atoms with van der Waals surface area (Å²) in [5.41, 5.74) is 0. The summed E-state index contributed by atoms with van der Waals surface area (Å²) in [6.45, 7) is 5.00. The molecule has 3 radical (unpaired) electrons. The van der Waals surface area contributed by atoms with E-state index in [0.717, 1.165) is 0 Å². The Morgan fingerprint density at radius 3 is 1.33 bits per heavy atom. The zero-order chi connectivity index (χ0) is 4.71. The Labute approximate surface area is 70.6 Å². The Bertz CT molecular complexity index is 11.5. The second-order valence-corrected chi connectivity index (χ2v) is 11.9. The van der Waals surface area contributed by atoms with Crippen molar-refractivity contribution in [2.45, 2.75) is 6.92 Å². The fraction of sp³-hybridized carbons (Fsp3) is 0.500. The maximum atomic E-state index is 3.25. The van der Waals surface area contributed by atoms with Gasteiger partial charge in [-0.2, -0.15) is 6.92 Å². The predicted molar refractivity (Wildman–Crippen MR) is 44.8 cm³/mol. The van der Waals surface area contributed by atoms with E-state index in [9.17, 15) is 0 Å². The molecule has 0 fully saturated rings. The molecular formula is C2H5BI2V-. The molecule has 0 saturated carbocycles. The first-order chi connectivity index (χ1) is 2.41. The van der Waals surface area contributed by atoms with Gasteiger partial charge in [-0.3, -0.25) is 0 Å². The SMILES string of the molecule is [B].[CH2-]C.[I][V][I]. The molecule has 0 saturated heterocycles. The van der Waals surface area contributed by atoms with E-state index in [1.54, 1.807) is 6.92 Å². The molecule has 0 aromatic heterocycles. The van der Waals surface area contributed by atoms with E-state index in [4.69, 9.17) is 0 Å². The normalized spacial score (nSPS) is 3.33. The summed E-state index contributed by atoms with van der Waals surface area (Å²) in [4.78, 5) is 0. The first-order valence-corrected chi connectivity index (χ1v) is 10.1. The van der Waals surface area contributed by atoms with Crippen LogP contribution >= 0.6 is 40.0 Å². The molecule has 6 heavy (non-hydrogen) atoms. The molecule has 0 nitrogen and oxygen atoms in total. The van der Waals surface area contributed by atoms with Gasteiger partial charge >= 0.3 is 49.4 Å². The summed E-state index contributed by atoms with van der Waals surface area (Å²) in [5, 5.41) is 0. The molecule has 0 aliphatic rings. The van der Waals surface area contributed by atoms with Crippen LogP contribution in [0.5, 0.6) is 0 Å². The molecule has 0 rings (SSSR count). The number of hydrogen-bond acceptors (Lipinski definition) is 0. The van der Waals surface area contributed by atoms with Gasteiger partial charge in [0.1, 0.15) is 0 Å². The molecule has 0 aromatic rings. The molecule has 0 N–H and O–H groups in total. The van der Waals surface area contributed by atoms with Crippen LogP contribution in [0.4, 0.5) is 0 Å². The van der Waals surface area contributed by atoms with Crippen LogP contribution in [0, 0.1) is 6.92 Å². The number of hydrogen-bond donors (Lipinski definition) is 0. The van der Waals surface area contributed by atoms with Crippen molar-refractivity contribution >= 4 is 48.4 Å². The molecule has 36 valence electrons. The van der Waals surface area contributed by atoms with Crippen LogP contribution in [0.3, 0.4) is 0 Å². The summed E-state index contributed by atoms with van der Waals surface area (Å²) < 4.78 is 0. The first-order valence-electron chi connectivity index (χ1n) is 1.05. The first kappa shape index (κ1) is 15.7. The van der Waals surface area contributed by atoms with Gasteiger partial charge in [-0.15, -0.1) is 0 Å². The van der Waals surface area contributed by atoms with Gasteiger partial charge in [-0.25, -0.2) is 0 Å².